The molecule has 5 nitrogen and oxygen atoms in total. The molecule has 120 valence electrons. The summed E-state index contributed by atoms with van der Waals surface area (Å²) in [5.74, 6) is -0.334. The summed E-state index contributed by atoms with van der Waals surface area (Å²) < 4.78 is 0. The monoisotopic (exact) mass is 328 g/mol. The number of benzene rings is 1. The number of aryl methyl sites for hydroxylation is 1. The van der Waals surface area contributed by atoms with Gasteiger partial charge in [0.15, 0.2) is 5.11 Å². The summed E-state index contributed by atoms with van der Waals surface area (Å²) in [6.45, 7) is 2.20. The minimum atomic E-state index is -0.334. The van der Waals surface area contributed by atoms with Gasteiger partial charge in [-0.3, -0.25) is 10.1 Å². The van der Waals surface area contributed by atoms with Gasteiger partial charge in [-0.25, -0.2) is 9.97 Å². The number of hydrogen-bond donors (Lipinski definition) is 2. The first-order valence-corrected chi connectivity index (χ1v) is 8.06. The van der Waals surface area contributed by atoms with Crippen LogP contribution in [-0.2, 0) is 6.42 Å². The van der Waals surface area contributed by atoms with Gasteiger partial charge in [-0.2, -0.15) is 0 Å². The number of anilines is 1. The lowest BCUT2D eigenvalue weighted by Gasteiger charge is -2.10. The Kier molecular flexibility index (Phi) is 6.62. The lowest BCUT2D eigenvalue weighted by Crippen LogP contribution is -2.34. The van der Waals surface area contributed by atoms with Gasteiger partial charge in [0.25, 0.3) is 5.91 Å². The van der Waals surface area contributed by atoms with Gasteiger partial charge in [-0.15, -0.1) is 0 Å². The summed E-state index contributed by atoms with van der Waals surface area (Å²) in [5.41, 5.74) is 2.52. The number of carbonyl (C=O) groups is 1. The molecule has 0 saturated heterocycles. The molecule has 1 heterocycles. The van der Waals surface area contributed by atoms with Gasteiger partial charge in [0, 0.05) is 18.1 Å². The number of rotatable bonds is 6. The van der Waals surface area contributed by atoms with Gasteiger partial charge in [-0.05, 0) is 42.8 Å². The molecular formula is C17H20N4OS. The Labute approximate surface area is 141 Å². The van der Waals surface area contributed by atoms with E-state index in [0.29, 0.717) is 5.56 Å². The number of aromatic nitrogens is 2. The van der Waals surface area contributed by atoms with Crippen molar-refractivity contribution in [3.05, 3.63) is 54.1 Å². The summed E-state index contributed by atoms with van der Waals surface area (Å²) in [7, 11) is 0. The van der Waals surface area contributed by atoms with E-state index < -0.39 is 0 Å². The van der Waals surface area contributed by atoms with Crippen LogP contribution >= 0.6 is 12.2 Å². The fourth-order valence-corrected chi connectivity index (χ4v) is 2.30. The molecule has 0 fully saturated rings. The summed E-state index contributed by atoms with van der Waals surface area (Å²) >= 11 is 5.15. The van der Waals surface area contributed by atoms with E-state index in [-0.39, 0.29) is 11.0 Å². The highest BCUT2D eigenvalue weighted by molar-refractivity contribution is 7.80. The van der Waals surface area contributed by atoms with Gasteiger partial charge in [-0.1, -0.05) is 31.9 Å². The van der Waals surface area contributed by atoms with Crippen LogP contribution in [0, 0.1) is 0 Å². The maximum Gasteiger partial charge on any atom is 0.260 e. The number of carbonyl (C=O) groups excluding carboxylic acids is 1. The van der Waals surface area contributed by atoms with Crippen molar-refractivity contribution >= 4 is 28.9 Å². The van der Waals surface area contributed by atoms with Crippen LogP contribution in [0.5, 0.6) is 0 Å². The van der Waals surface area contributed by atoms with Crippen LogP contribution in [0.2, 0.25) is 0 Å². The van der Waals surface area contributed by atoms with E-state index in [1.807, 2.05) is 12.1 Å². The Hall–Kier alpha value is -2.34. The van der Waals surface area contributed by atoms with Crippen LogP contribution in [0.25, 0.3) is 0 Å². The van der Waals surface area contributed by atoms with Gasteiger partial charge < -0.3 is 5.32 Å². The van der Waals surface area contributed by atoms with E-state index in [1.54, 1.807) is 0 Å². The van der Waals surface area contributed by atoms with Crippen LogP contribution < -0.4 is 10.6 Å². The van der Waals surface area contributed by atoms with Crippen molar-refractivity contribution in [3.63, 3.8) is 0 Å². The van der Waals surface area contributed by atoms with Crippen LogP contribution in [0.3, 0.4) is 0 Å². The maximum atomic E-state index is 11.9. The zero-order chi connectivity index (χ0) is 16.5. The maximum absolute atomic E-state index is 11.9. The summed E-state index contributed by atoms with van der Waals surface area (Å²) in [6.07, 6.45) is 9.01. The smallest absolute Gasteiger partial charge is 0.260 e. The molecule has 2 aromatic rings. The SMILES string of the molecule is CCCCCc1ccc(NC(=S)NC(=O)c2cncnc2)cc1. The minimum absolute atomic E-state index is 0.248. The minimum Gasteiger partial charge on any atom is -0.332 e. The molecule has 1 amide bonds. The molecule has 0 spiro atoms. The third-order valence-electron chi connectivity index (χ3n) is 3.33. The highest BCUT2D eigenvalue weighted by atomic mass is 32.1. The van der Waals surface area contributed by atoms with Crippen molar-refractivity contribution in [2.75, 3.05) is 5.32 Å². The average Bonchev–Trinajstić information content (AvgIpc) is 2.57. The Bertz CT molecular complexity index is 643. The molecule has 0 aliphatic rings. The first kappa shape index (κ1) is 17.0. The zero-order valence-corrected chi connectivity index (χ0v) is 13.9. The van der Waals surface area contributed by atoms with E-state index in [0.717, 1.165) is 12.1 Å². The fourth-order valence-electron chi connectivity index (χ4n) is 2.09. The molecule has 23 heavy (non-hydrogen) atoms. The third-order valence-corrected chi connectivity index (χ3v) is 3.53. The molecule has 6 heteroatoms. The largest absolute Gasteiger partial charge is 0.332 e. The van der Waals surface area contributed by atoms with E-state index in [4.69, 9.17) is 12.2 Å². The molecule has 0 radical (unpaired) electrons. The molecule has 0 bridgehead atoms. The van der Waals surface area contributed by atoms with Crippen LogP contribution in [-0.4, -0.2) is 21.0 Å². The molecule has 0 aliphatic carbocycles. The lowest BCUT2D eigenvalue weighted by atomic mass is 10.1. The second-order valence-corrected chi connectivity index (χ2v) is 5.60. The standard InChI is InChI=1S/C17H20N4OS/c1-2-3-4-5-13-6-8-15(9-7-13)20-17(23)21-16(22)14-10-18-12-19-11-14/h6-12H,2-5H2,1H3,(H2,20,21,22,23). The Morgan fingerprint density at radius 3 is 2.48 bits per heavy atom. The summed E-state index contributed by atoms with van der Waals surface area (Å²) in [5, 5.41) is 5.85. The molecule has 1 aromatic heterocycles. The number of amides is 1. The van der Waals surface area contributed by atoms with E-state index in [2.05, 4.69) is 39.7 Å². The number of hydrogen-bond acceptors (Lipinski definition) is 4. The molecule has 1 aromatic carbocycles. The van der Waals surface area contributed by atoms with Gasteiger partial charge in [0.2, 0.25) is 0 Å². The second-order valence-electron chi connectivity index (χ2n) is 5.19. The Morgan fingerprint density at radius 2 is 1.83 bits per heavy atom. The molecule has 0 saturated carbocycles. The molecule has 0 atom stereocenters. The average molecular weight is 328 g/mol. The van der Waals surface area contributed by atoms with Crippen LogP contribution in [0.1, 0.15) is 42.1 Å². The number of unbranched alkanes of at least 4 members (excludes halogenated alkanes) is 2. The first-order chi connectivity index (χ1) is 11.2. The highest BCUT2D eigenvalue weighted by Crippen LogP contribution is 2.12. The second kappa shape index (κ2) is 8.95. The predicted molar refractivity (Wildman–Crippen MR) is 95.4 cm³/mol. The number of nitrogens with one attached hydrogen (secondary N) is 2. The summed E-state index contributed by atoms with van der Waals surface area (Å²) in [6, 6.07) is 8.08. The van der Waals surface area contributed by atoms with Crippen LogP contribution in [0.4, 0.5) is 5.69 Å². The van der Waals surface area contributed by atoms with Crippen molar-refractivity contribution in [1.29, 1.82) is 0 Å². The number of nitrogens with zero attached hydrogens (tertiary/aromatic N) is 2. The highest BCUT2D eigenvalue weighted by Gasteiger charge is 2.08. The number of thiocarbonyl (C=S) groups is 1. The quantitative estimate of drug-likeness (QED) is 0.629. The Balaban J connectivity index is 1.84. The molecule has 0 aliphatic heterocycles. The fraction of sp³-hybridized carbons (Fsp3) is 0.294. The molecule has 2 N–H and O–H groups in total. The molecule has 0 unspecified atom stereocenters. The van der Waals surface area contributed by atoms with E-state index in [1.165, 1.54) is 43.5 Å². The zero-order valence-electron chi connectivity index (χ0n) is 13.1. The topological polar surface area (TPSA) is 66.9 Å². The predicted octanol–water partition coefficient (Wildman–Crippen LogP) is 3.34. The van der Waals surface area contributed by atoms with Crippen molar-refractivity contribution in [1.82, 2.24) is 15.3 Å². The van der Waals surface area contributed by atoms with Gasteiger partial charge >= 0.3 is 0 Å². The normalized spacial score (nSPS) is 10.1. The van der Waals surface area contributed by atoms with Crippen molar-refractivity contribution in [3.8, 4) is 0 Å². The van der Waals surface area contributed by atoms with Gasteiger partial charge in [0.05, 0.1) is 5.56 Å². The van der Waals surface area contributed by atoms with Crippen molar-refractivity contribution in [2.24, 2.45) is 0 Å². The van der Waals surface area contributed by atoms with Crippen molar-refractivity contribution < 1.29 is 4.79 Å². The van der Waals surface area contributed by atoms with Gasteiger partial charge in [0.1, 0.15) is 6.33 Å². The van der Waals surface area contributed by atoms with Crippen LogP contribution in [0.15, 0.2) is 43.0 Å². The first-order valence-electron chi connectivity index (χ1n) is 7.65. The van der Waals surface area contributed by atoms with E-state index in [9.17, 15) is 4.79 Å². The van der Waals surface area contributed by atoms with Crippen molar-refractivity contribution in [2.45, 2.75) is 32.6 Å². The molecular weight excluding hydrogens is 308 g/mol. The third kappa shape index (κ3) is 5.75. The van der Waals surface area contributed by atoms with E-state index >= 15 is 0 Å². The Morgan fingerprint density at radius 1 is 1.13 bits per heavy atom. The summed E-state index contributed by atoms with van der Waals surface area (Å²) in [4.78, 5) is 19.5. The lowest BCUT2D eigenvalue weighted by molar-refractivity contribution is 0.0977. The molecule has 2 rings (SSSR count).